The van der Waals surface area contributed by atoms with Gasteiger partial charge in [0.15, 0.2) is 5.82 Å². The number of nitrogens with one attached hydrogen (secondary N) is 1. The molecular formula is C20H25N5O. The summed E-state index contributed by atoms with van der Waals surface area (Å²) in [6, 6.07) is 10.5. The topological polar surface area (TPSA) is 64.9 Å². The van der Waals surface area contributed by atoms with Crippen LogP contribution < -0.4 is 10.1 Å². The van der Waals surface area contributed by atoms with Crippen LogP contribution in [0, 0.1) is 13.8 Å². The number of hydrogen-bond acceptors (Lipinski definition) is 5. The third kappa shape index (κ3) is 4.39. The van der Waals surface area contributed by atoms with Gasteiger partial charge >= 0.3 is 0 Å². The van der Waals surface area contributed by atoms with Crippen molar-refractivity contribution in [1.29, 1.82) is 0 Å². The maximum absolute atomic E-state index is 5.20. The lowest BCUT2D eigenvalue weighted by molar-refractivity contribution is 0.414. The first-order valence-corrected chi connectivity index (χ1v) is 8.80. The summed E-state index contributed by atoms with van der Waals surface area (Å²) in [4.78, 5) is 8.95. The van der Waals surface area contributed by atoms with E-state index in [1.54, 1.807) is 19.5 Å². The fraction of sp³-hybridized carbons (Fsp3) is 0.350. The molecule has 2 heterocycles. The predicted octanol–water partition coefficient (Wildman–Crippen LogP) is 3.72. The molecule has 0 aliphatic carbocycles. The summed E-state index contributed by atoms with van der Waals surface area (Å²) in [5, 5.41) is 7.90. The Morgan fingerprint density at radius 1 is 1.15 bits per heavy atom. The zero-order chi connectivity index (χ0) is 18.5. The maximum atomic E-state index is 5.20. The second-order valence-electron chi connectivity index (χ2n) is 6.53. The molecule has 1 unspecified atom stereocenters. The number of nitrogens with zero attached hydrogens (tertiary/aromatic N) is 4. The van der Waals surface area contributed by atoms with Crippen molar-refractivity contribution in [2.75, 3.05) is 12.4 Å². The zero-order valence-electron chi connectivity index (χ0n) is 15.7. The Kier molecular flexibility index (Phi) is 5.51. The number of anilines is 1. The van der Waals surface area contributed by atoms with Crippen LogP contribution in [-0.4, -0.2) is 32.9 Å². The van der Waals surface area contributed by atoms with Crippen LogP contribution in [0.5, 0.6) is 5.75 Å². The highest BCUT2D eigenvalue weighted by Gasteiger charge is 2.09. The summed E-state index contributed by atoms with van der Waals surface area (Å²) < 4.78 is 7.01. The van der Waals surface area contributed by atoms with Gasteiger partial charge in [-0.1, -0.05) is 12.1 Å². The molecule has 136 valence electrons. The number of aryl methyl sites for hydroxylation is 3. The van der Waals surface area contributed by atoms with Gasteiger partial charge in [-0.05, 0) is 57.4 Å². The van der Waals surface area contributed by atoms with E-state index in [0.717, 1.165) is 41.6 Å². The zero-order valence-corrected chi connectivity index (χ0v) is 15.7. The SMILES string of the molecule is COc1ccc(CCC(C)Nc2cncc(-n3nc(C)cc3C)n2)cc1. The van der Waals surface area contributed by atoms with Crippen molar-refractivity contribution in [2.24, 2.45) is 0 Å². The highest BCUT2D eigenvalue weighted by Crippen LogP contribution is 2.15. The quantitative estimate of drug-likeness (QED) is 0.703. The lowest BCUT2D eigenvalue weighted by Gasteiger charge is -2.15. The van der Waals surface area contributed by atoms with E-state index in [-0.39, 0.29) is 6.04 Å². The van der Waals surface area contributed by atoms with Crippen molar-refractivity contribution >= 4 is 5.82 Å². The number of benzene rings is 1. The standard InChI is InChI=1S/C20H25N5O/c1-14(5-6-17-7-9-18(26-4)10-8-17)22-19-12-21-13-20(23-19)25-16(3)11-15(2)24-25/h7-14H,5-6H2,1-4H3,(H,22,23). The Morgan fingerprint density at radius 2 is 1.92 bits per heavy atom. The summed E-state index contributed by atoms with van der Waals surface area (Å²) in [5.74, 6) is 2.37. The Bertz CT molecular complexity index is 857. The molecule has 1 N–H and O–H groups in total. The third-order valence-electron chi connectivity index (χ3n) is 4.27. The van der Waals surface area contributed by atoms with Gasteiger partial charge < -0.3 is 10.1 Å². The number of hydrogen-bond donors (Lipinski definition) is 1. The summed E-state index contributed by atoms with van der Waals surface area (Å²) >= 11 is 0. The molecule has 0 fully saturated rings. The van der Waals surface area contributed by atoms with Crippen LogP contribution in [0.1, 0.15) is 30.3 Å². The van der Waals surface area contributed by atoms with Gasteiger partial charge in [0.25, 0.3) is 0 Å². The highest BCUT2D eigenvalue weighted by atomic mass is 16.5. The van der Waals surface area contributed by atoms with E-state index < -0.39 is 0 Å². The first-order chi connectivity index (χ1) is 12.5. The van der Waals surface area contributed by atoms with Gasteiger partial charge in [0.05, 0.1) is 25.2 Å². The normalized spacial score (nSPS) is 12.0. The lowest BCUT2D eigenvalue weighted by atomic mass is 10.1. The van der Waals surface area contributed by atoms with Crippen LogP contribution in [0.25, 0.3) is 5.82 Å². The lowest BCUT2D eigenvalue weighted by Crippen LogP contribution is -2.17. The fourth-order valence-corrected chi connectivity index (χ4v) is 2.89. The molecule has 0 bridgehead atoms. The molecule has 0 radical (unpaired) electrons. The van der Waals surface area contributed by atoms with Crippen LogP contribution in [0.3, 0.4) is 0 Å². The van der Waals surface area contributed by atoms with Crippen LogP contribution in [0.4, 0.5) is 5.82 Å². The molecule has 3 rings (SSSR count). The fourth-order valence-electron chi connectivity index (χ4n) is 2.89. The van der Waals surface area contributed by atoms with Crippen LogP contribution >= 0.6 is 0 Å². The van der Waals surface area contributed by atoms with Crippen LogP contribution in [-0.2, 0) is 6.42 Å². The average molecular weight is 351 g/mol. The number of rotatable bonds is 7. The highest BCUT2D eigenvalue weighted by molar-refractivity contribution is 5.37. The van der Waals surface area contributed by atoms with E-state index in [1.165, 1.54) is 5.56 Å². The smallest absolute Gasteiger partial charge is 0.174 e. The molecule has 0 amide bonds. The molecular weight excluding hydrogens is 326 g/mol. The van der Waals surface area contributed by atoms with Gasteiger partial charge in [-0.25, -0.2) is 9.67 Å². The van der Waals surface area contributed by atoms with Gasteiger partial charge in [-0.3, -0.25) is 4.98 Å². The summed E-state index contributed by atoms with van der Waals surface area (Å²) in [5.41, 5.74) is 3.30. The van der Waals surface area contributed by atoms with E-state index in [9.17, 15) is 0 Å². The molecule has 1 atom stereocenters. The summed E-state index contributed by atoms with van der Waals surface area (Å²) in [7, 11) is 1.68. The Morgan fingerprint density at radius 3 is 2.58 bits per heavy atom. The second kappa shape index (κ2) is 7.99. The molecule has 3 aromatic rings. The van der Waals surface area contributed by atoms with Crippen molar-refractivity contribution in [2.45, 2.75) is 39.7 Å². The van der Waals surface area contributed by atoms with Crippen LogP contribution in [0.2, 0.25) is 0 Å². The molecule has 1 aromatic carbocycles. The van der Waals surface area contributed by atoms with Crippen LogP contribution in [0.15, 0.2) is 42.7 Å². The van der Waals surface area contributed by atoms with Gasteiger partial charge in [0.2, 0.25) is 0 Å². The molecule has 0 spiro atoms. The van der Waals surface area contributed by atoms with E-state index >= 15 is 0 Å². The first-order valence-electron chi connectivity index (χ1n) is 8.80. The Balaban J connectivity index is 1.61. The molecule has 6 nitrogen and oxygen atoms in total. The van der Waals surface area contributed by atoms with Crippen molar-refractivity contribution in [3.05, 3.63) is 59.7 Å². The molecule has 0 aliphatic heterocycles. The van der Waals surface area contributed by atoms with E-state index in [1.807, 2.05) is 36.7 Å². The van der Waals surface area contributed by atoms with Crippen molar-refractivity contribution in [3.8, 4) is 11.6 Å². The molecule has 0 aliphatic rings. The van der Waals surface area contributed by atoms with Crippen molar-refractivity contribution < 1.29 is 4.74 Å². The maximum Gasteiger partial charge on any atom is 0.174 e. The van der Waals surface area contributed by atoms with E-state index in [4.69, 9.17) is 4.74 Å². The number of aromatic nitrogens is 4. The molecule has 2 aromatic heterocycles. The Hall–Kier alpha value is -2.89. The largest absolute Gasteiger partial charge is 0.497 e. The van der Waals surface area contributed by atoms with Crippen molar-refractivity contribution in [3.63, 3.8) is 0 Å². The van der Waals surface area contributed by atoms with Gasteiger partial charge in [-0.15, -0.1) is 0 Å². The van der Waals surface area contributed by atoms with E-state index in [0.29, 0.717) is 0 Å². The van der Waals surface area contributed by atoms with Crippen molar-refractivity contribution in [1.82, 2.24) is 19.7 Å². The Labute approximate surface area is 154 Å². The monoisotopic (exact) mass is 351 g/mol. The molecule has 26 heavy (non-hydrogen) atoms. The number of ether oxygens (including phenoxy) is 1. The minimum absolute atomic E-state index is 0.280. The summed E-state index contributed by atoms with van der Waals surface area (Å²) in [6.45, 7) is 6.14. The minimum Gasteiger partial charge on any atom is -0.497 e. The molecule has 0 saturated heterocycles. The minimum atomic E-state index is 0.280. The van der Waals surface area contributed by atoms with Gasteiger partial charge in [-0.2, -0.15) is 5.10 Å². The first kappa shape index (κ1) is 17.9. The number of methoxy groups -OCH3 is 1. The van der Waals surface area contributed by atoms with Gasteiger partial charge in [0, 0.05) is 11.7 Å². The predicted molar refractivity (Wildman–Crippen MR) is 103 cm³/mol. The van der Waals surface area contributed by atoms with Gasteiger partial charge in [0.1, 0.15) is 11.6 Å². The third-order valence-corrected chi connectivity index (χ3v) is 4.27. The van der Waals surface area contributed by atoms with E-state index in [2.05, 4.69) is 39.4 Å². The molecule has 0 saturated carbocycles. The second-order valence-corrected chi connectivity index (χ2v) is 6.53. The average Bonchev–Trinajstić information content (AvgIpc) is 2.99. The molecule has 6 heteroatoms. The summed E-state index contributed by atoms with van der Waals surface area (Å²) in [6.07, 6.45) is 5.46.